The average Bonchev–Trinajstić information content (AvgIpc) is 3.49. The Bertz CT molecular complexity index is 973. The Hall–Kier alpha value is -1.80. The molecule has 6 atom stereocenters. The van der Waals surface area contributed by atoms with Crippen molar-refractivity contribution >= 4 is 29.5 Å². The lowest BCUT2D eigenvalue weighted by atomic mass is 9.71. The Kier molecular flexibility index (Phi) is 10.3. The molecule has 8 heteroatoms. The zero-order valence-electron chi connectivity index (χ0n) is 25.8. The number of ether oxygens (including phenoxy) is 1. The lowest BCUT2D eigenvalue weighted by Gasteiger charge is -2.46. The van der Waals surface area contributed by atoms with Gasteiger partial charge in [0.15, 0.2) is 0 Å². The minimum atomic E-state index is -0.756. The fraction of sp³-hybridized carbons (Fsp3) is 0.781. The van der Waals surface area contributed by atoms with Gasteiger partial charge < -0.3 is 19.6 Å². The molecule has 3 rings (SSSR count). The molecule has 3 aliphatic rings. The van der Waals surface area contributed by atoms with Gasteiger partial charge in [-0.05, 0) is 63.7 Å². The van der Waals surface area contributed by atoms with Gasteiger partial charge in [0.1, 0.15) is 6.04 Å². The number of nitrogens with zero attached hydrogens (tertiary/aromatic N) is 2. The van der Waals surface area contributed by atoms with Crippen LogP contribution in [0, 0.1) is 23.2 Å². The van der Waals surface area contributed by atoms with Gasteiger partial charge in [-0.2, -0.15) is 0 Å². The lowest BCUT2D eigenvalue weighted by Crippen LogP contribution is -2.61. The quantitative estimate of drug-likeness (QED) is 0.173. The number of amides is 2. The van der Waals surface area contributed by atoms with E-state index in [1.165, 1.54) is 0 Å². The number of aliphatic hydroxyl groups excluding tert-OH is 1. The molecule has 0 aromatic carbocycles. The van der Waals surface area contributed by atoms with Gasteiger partial charge in [0.2, 0.25) is 11.8 Å². The average molecular weight is 577 g/mol. The molecule has 0 saturated carbocycles. The highest BCUT2D eigenvalue weighted by Crippen LogP contribution is 2.67. The number of allylic oxidation sites excluding steroid dienone is 1. The standard InChI is InChI=1S/C32H52N2O5S/c1-10-12-13-17-39-29(38)24-23-14-15-32(40-23)25(24)27(36)34(22(19-35)18-21(3)4)26(32)28(37)33(16-11-2)31(8,9)20-30(5,6)7/h10-11,21-26,35H,1-2,12-20H2,3-9H3/t22-,23+,24-,25+,26?,32?/m1/s1. The number of thioether (sulfide) groups is 1. The van der Waals surface area contributed by atoms with E-state index in [0.717, 1.165) is 19.3 Å². The molecular weight excluding hydrogens is 524 g/mol. The van der Waals surface area contributed by atoms with Crippen LogP contribution >= 0.6 is 11.8 Å². The molecule has 1 spiro atoms. The number of unbranched alkanes of at least 4 members (excludes halogenated alkanes) is 1. The van der Waals surface area contributed by atoms with Gasteiger partial charge in [-0.25, -0.2) is 0 Å². The largest absolute Gasteiger partial charge is 0.465 e. The van der Waals surface area contributed by atoms with E-state index < -0.39 is 34.2 Å². The van der Waals surface area contributed by atoms with E-state index in [1.54, 1.807) is 28.8 Å². The molecule has 0 radical (unpaired) electrons. The van der Waals surface area contributed by atoms with Crippen molar-refractivity contribution in [3.63, 3.8) is 0 Å². The first-order valence-corrected chi connectivity index (χ1v) is 15.8. The van der Waals surface area contributed by atoms with Gasteiger partial charge in [-0.3, -0.25) is 14.4 Å². The fourth-order valence-electron chi connectivity index (χ4n) is 7.65. The Labute approximate surface area is 246 Å². The van der Waals surface area contributed by atoms with Crippen molar-refractivity contribution in [2.24, 2.45) is 23.2 Å². The first kappa shape index (κ1) is 32.7. The third-order valence-electron chi connectivity index (χ3n) is 8.66. The Morgan fingerprint density at radius 2 is 1.90 bits per heavy atom. The summed E-state index contributed by atoms with van der Waals surface area (Å²) in [7, 11) is 0. The highest BCUT2D eigenvalue weighted by atomic mass is 32.2. The van der Waals surface area contributed by atoms with E-state index in [9.17, 15) is 19.5 Å². The molecule has 7 nitrogen and oxygen atoms in total. The highest BCUT2D eigenvalue weighted by Gasteiger charge is 2.75. The first-order valence-electron chi connectivity index (χ1n) is 15.0. The van der Waals surface area contributed by atoms with Crippen LogP contribution in [0.2, 0.25) is 0 Å². The van der Waals surface area contributed by atoms with Crippen LogP contribution in [0.4, 0.5) is 0 Å². The van der Waals surface area contributed by atoms with Gasteiger partial charge in [0.25, 0.3) is 0 Å². The summed E-state index contributed by atoms with van der Waals surface area (Å²) < 4.78 is 4.97. The van der Waals surface area contributed by atoms with Gasteiger partial charge in [0, 0.05) is 17.3 Å². The summed E-state index contributed by atoms with van der Waals surface area (Å²) in [4.78, 5) is 46.3. The van der Waals surface area contributed by atoms with E-state index in [4.69, 9.17) is 4.74 Å². The summed E-state index contributed by atoms with van der Waals surface area (Å²) >= 11 is 1.65. The fourth-order valence-corrected chi connectivity index (χ4v) is 9.84. The maximum absolute atomic E-state index is 14.8. The number of carbonyl (C=O) groups is 3. The molecule has 3 aliphatic heterocycles. The molecule has 3 fully saturated rings. The van der Waals surface area contributed by atoms with Gasteiger partial charge in [-0.15, -0.1) is 24.9 Å². The second-order valence-corrected chi connectivity index (χ2v) is 15.8. The van der Waals surface area contributed by atoms with Crippen LogP contribution in [-0.2, 0) is 19.1 Å². The lowest BCUT2D eigenvalue weighted by molar-refractivity contribution is -0.154. The third kappa shape index (κ3) is 6.33. The molecule has 226 valence electrons. The number of esters is 1. The van der Waals surface area contributed by atoms with Crippen LogP contribution < -0.4 is 0 Å². The molecule has 0 aromatic heterocycles. The Morgan fingerprint density at radius 3 is 2.45 bits per heavy atom. The normalized spacial score (nSPS) is 28.5. The number of likely N-dealkylation sites (tertiary alicyclic amines) is 1. The van der Waals surface area contributed by atoms with Crippen LogP contribution in [0.3, 0.4) is 0 Å². The Balaban J connectivity index is 2.07. The van der Waals surface area contributed by atoms with Gasteiger partial charge in [0.05, 0.1) is 35.8 Å². The molecule has 2 amide bonds. The smallest absolute Gasteiger partial charge is 0.310 e. The molecule has 3 heterocycles. The monoisotopic (exact) mass is 576 g/mol. The number of hydrogen-bond acceptors (Lipinski definition) is 6. The van der Waals surface area contributed by atoms with Gasteiger partial charge in [-0.1, -0.05) is 46.8 Å². The zero-order valence-corrected chi connectivity index (χ0v) is 26.6. The van der Waals surface area contributed by atoms with Crippen LogP contribution in [0.15, 0.2) is 25.3 Å². The maximum Gasteiger partial charge on any atom is 0.310 e. The molecular formula is C32H52N2O5S. The van der Waals surface area contributed by atoms with Gasteiger partial charge >= 0.3 is 5.97 Å². The predicted molar refractivity (Wildman–Crippen MR) is 162 cm³/mol. The van der Waals surface area contributed by atoms with Crippen LogP contribution in [-0.4, -0.2) is 80.1 Å². The topological polar surface area (TPSA) is 87.2 Å². The number of aliphatic hydroxyl groups is 1. The molecule has 40 heavy (non-hydrogen) atoms. The van der Waals surface area contributed by atoms with Crippen LogP contribution in [0.5, 0.6) is 0 Å². The molecule has 2 unspecified atom stereocenters. The summed E-state index contributed by atoms with van der Waals surface area (Å²) in [5, 5.41) is 10.5. The van der Waals surface area contributed by atoms with Crippen molar-refractivity contribution in [3.05, 3.63) is 25.3 Å². The summed E-state index contributed by atoms with van der Waals surface area (Å²) in [6.45, 7) is 22.8. The van der Waals surface area contributed by atoms with Crippen molar-refractivity contribution in [2.45, 2.75) is 115 Å². The van der Waals surface area contributed by atoms with E-state index in [1.807, 2.05) is 4.90 Å². The van der Waals surface area contributed by atoms with Crippen LogP contribution in [0.25, 0.3) is 0 Å². The maximum atomic E-state index is 14.8. The number of hydrogen-bond donors (Lipinski definition) is 1. The van der Waals surface area contributed by atoms with Crippen LogP contribution in [0.1, 0.15) is 87.0 Å². The van der Waals surface area contributed by atoms with Crippen molar-refractivity contribution in [2.75, 3.05) is 19.8 Å². The number of rotatable bonds is 14. The van der Waals surface area contributed by atoms with Crippen molar-refractivity contribution in [3.8, 4) is 0 Å². The molecule has 0 aliphatic carbocycles. The van der Waals surface area contributed by atoms with Crippen molar-refractivity contribution < 1.29 is 24.2 Å². The second-order valence-electron chi connectivity index (χ2n) is 14.2. The third-order valence-corrected chi connectivity index (χ3v) is 10.6. The van der Waals surface area contributed by atoms with Crippen molar-refractivity contribution in [1.82, 2.24) is 9.80 Å². The first-order chi connectivity index (χ1) is 18.6. The summed E-state index contributed by atoms with van der Waals surface area (Å²) in [5.41, 5.74) is -0.522. The molecule has 1 N–H and O–H groups in total. The van der Waals surface area contributed by atoms with E-state index in [0.29, 0.717) is 32.4 Å². The van der Waals surface area contributed by atoms with E-state index >= 15 is 0 Å². The minimum Gasteiger partial charge on any atom is -0.465 e. The number of fused-ring (bicyclic) bond motifs is 1. The zero-order chi connectivity index (χ0) is 30.0. The molecule has 0 aromatic rings. The summed E-state index contributed by atoms with van der Waals surface area (Å²) in [6.07, 6.45) is 7.78. The molecule has 2 bridgehead atoms. The van der Waals surface area contributed by atoms with E-state index in [2.05, 4.69) is 61.6 Å². The van der Waals surface area contributed by atoms with Crippen molar-refractivity contribution in [1.29, 1.82) is 0 Å². The number of carbonyl (C=O) groups excluding carboxylic acids is 3. The summed E-state index contributed by atoms with van der Waals surface area (Å²) in [5.74, 6) is -1.63. The summed E-state index contributed by atoms with van der Waals surface area (Å²) in [6, 6.07) is -1.25. The molecule has 3 saturated heterocycles. The SMILES string of the molecule is C=CCCCOC(=O)[C@@H]1[C@@H]2CCC3(S2)C(C(=O)N(CC=C)C(C)(C)CC(C)(C)C)N([C@@H](CO)CC(C)C)C(=O)[C@H]13. The second kappa shape index (κ2) is 12.6. The predicted octanol–water partition coefficient (Wildman–Crippen LogP) is 5.22. The van der Waals surface area contributed by atoms with E-state index in [-0.39, 0.29) is 41.0 Å². The Morgan fingerprint density at radius 1 is 1.23 bits per heavy atom. The highest BCUT2D eigenvalue weighted by molar-refractivity contribution is 8.02. The minimum absolute atomic E-state index is 0.0263.